The molecule has 8 nitrogen and oxygen atoms in total. The Morgan fingerprint density at radius 3 is 2.84 bits per heavy atom. The lowest BCUT2D eigenvalue weighted by molar-refractivity contribution is -0.149. The van der Waals surface area contributed by atoms with Crippen molar-refractivity contribution in [2.24, 2.45) is 0 Å². The number of aliphatic carboxylic acids is 1. The molecule has 1 fully saturated rings. The van der Waals surface area contributed by atoms with E-state index in [-0.39, 0.29) is 31.2 Å². The summed E-state index contributed by atoms with van der Waals surface area (Å²) in [6, 6.07) is 4.01. The fourth-order valence-electron chi connectivity index (χ4n) is 3.19. The van der Waals surface area contributed by atoms with Gasteiger partial charge in [0.1, 0.15) is 17.5 Å². The molecule has 134 valence electrons. The van der Waals surface area contributed by atoms with E-state index in [4.69, 9.17) is 14.6 Å². The lowest BCUT2D eigenvalue weighted by Crippen LogP contribution is -2.56. The number of methoxy groups -OCH3 is 1. The molecule has 0 aromatic heterocycles. The van der Waals surface area contributed by atoms with E-state index in [2.05, 4.69) is 5.32 Å². The maximum Gasteiger partial charge on any atom is 0.326 e. The molecule has 2 aliphatic heterocycles. The second-order valence-corrected chi connectivity index (χ2v) is 6.26. The minimum Gasteiger partial charge on any atom is -0.497 e. The molecule has 0 bridgehead atoms. The molecule has 0 unspecified atom stereocenters. The number of nitrogens with one attached hydrogen (secondary N) is 1. The van der Waals surface area contributed by atoms with Crippen molar-refractivity contribution in [2.75, 3.05) is 13.7 Å². The average molecular weight is 348 g/mol. The number of rotatable bonds is 3. The van der Waals surface area contributed by atoms with Crippen molar-refractivity contribution in [2.45, 2.75) is 38.0 Å². The van der Waals surface area contributed by atoms with Crippen molar-refractivity contribution in [3.8, 4) is 11.5 Å². The number of benzene rings is 1. The number of amides is 2. The fourth-order valence-corrected chi connectivity index (χ4v) is 3.19. The predicted molar refractivity (Wildman–Crippen MR) is 86.5 cm³/mol. The number of likely N-dealkylation sites (tertiary alicyclic amines) is 1. The zero-order valence-corrected chi connectivity index (χ0v) is 14.1. The first-order valence-corrected chi connectivity index (χ1v) is 8.07. The molecule has 1 aromatic carbocycles. The number of carboxylic acids is 1. The highest BCUT2D eigenvalue weighted by molar-refractivity contribution is 5.98. The summed E-state index contributed by atoms with van der Waals surface area (Å²) in [6.45, 7) is 1.66. The second kappa shape index (κ2) is 6.27. The van der Waals surface area contributed by atoms with Gasteiger partial charge in [-0.05, 0) is 19.1 Å². The number of carbonyl (C=O) groups excluding carboxylic acids is 2. The third-order valence-electron chi connectivity index (χ3n) is 4.72. The van der Waals surface area contributed by atoms with Crippen molar-refractivity contribution in [3.05, 3.63) is 23.8 Å². The minimum atomic E-state index is -1.06. The first-order valence-electron chi connectivity index (χ1n) is 8.07. The Kier molecular flexibility index (Phi) is 4.28. The highest BCUT2D eigenvalue weighted by atomic mass is 16.5. The van der Waals surface area contributed by atoms with E-state index >= 15 is 0 Å². The maximum absolute atomic E-state index is 12.5. The van der Waals surface area contributed by atoms with Gasteiger partial charge in [0.2, 0.25) is 5.91 Å². The Morgan fingerprint density at radius 2 is 2.16 bits per heavy atom. The van der Waals surface area contributed by atoms with Crippen LogP contribution in [0.25, 0.3) is 0 Å². The number of hydrogen-bond donors (Lipinski definition) is 2. The quantitative estimate of drug-likeness (QED) is 0.844. The van der Waals surface area contributed by atoms with Crippen LogP contribution in [-0.4, -0.2) is 53.2 Å². The highest BCUT2D eigenvalue weighted by Gasteiger charge is 2.43. The molecule has 1 spiro atoms. The number of carboxylic acid groups (broad SMARTS) is 1. The molecular formula is C17H20N2O6. The highest BCUT2D eigenvalue weighted by Crippen LogP contribution is 2.36. The predicted octanol–water partition coefficient (Wildman–Crippen LogP) is 0.999. The molecule has 25 heavy (non-hydrogen) atoms. The first-order chi connectivity index (χ1) is 11.8. The Hall–Kier alpha value is -2.77. The molecule has 0 aliphatic carbocycles. The van der Waals surface area contributed by atoms with Gasteiger partial charge >= 0.3 is 5.97 Å². The largest absolute Gasteiger partial charge is 0.497 e. The van der Waals surface area contributed by atoms with E-state index in [9.17, 15) is 14.4 Å². The van der Waals surface area contributed by atoms with Gasteiger partial charge in [-0.15, -0.1) is 0 Å². The number of fused-ring (bicyclic) bond motifs is 1. The van der Waals surface area contributed by atoms with E-state index in [0.717, 1.165) is 0 Å². The number of carbonyl (C=O) groups is 3. The van der Waals surface area contributed by atoms with Gasteiger partial charge in [-0.2, -0.15) is 0 Å². The fraction of sp³-hybridized carbons (Fsp3) is 0.471. The van der Waals surface area contributed by atoms with Crippen LogP contribution in [-0.2, 0) is 9.59 Å². The zero-order valence-electron chi connectivity index (χ0n) is 14.1. The lowest BCUT2D eigenvalue weighted by Gasteiger charge is -2.38. The summed E-state index contributed by atoms with van der Waals surface area (Å²) >= 11 is 0. The Labute approximate surface area is 144 Å². The summed E-state index contributed by atoms with van der Waals surface area (Å²) in [6.07, 6.45) is 0.674. The summed E-state index contributed by atoms with van der Waals surface area (Å²) in [7, 11) is 1.52. The smallest absolute Gasteiger partial charge is 0.326 e. The van der Waals surface area contributed by atoms with Crippen LogP contribution in [0.3, 0.4) is 0 Å². The van der Waals surface area contributed by atoms with Crippen LogP contribution in [0.4, 0.5) is 0 Å². The third kappa shape index (κ3) is 3.11. The second-order valence-electron chi connectivity index (χ2n) is 6.26. The molecule has 2 N–H and O–H groups in total. The van der Waals surface area contributed by atoms with Crippen LogP contribution in [0.1, 0.15) is 36.5 Å². The van der Waals surface area contributed by atoms with Crippen LogP contribution >= 0.6 is 0 Å². The third-order valence-corrected chi connectivity index (χ3v) is 4.72. The van der Waals surface area contributed by atoms with Gasteiger partial charge in [0.15, 0.2) is 5.72 Å². The normalized spacial score (nSPS) is 24.0. The van der Waals surface area contributed by atoms with Crippen molar-refractivity contribution in [3.63, 3.8) is 0 Å². The minimum absolute atomic E-state index is 0.0944. The summed E-state index contributed by atoms with van der Waals surface area (Å²) in [4.78, 5) is 37.3. The van der Waals surface area contributed by atoms with E-state index < -0.39 is 17.7 Å². The molecule has 2 heterocycles. The molecule has 0 saturated carbocycles. The monoisotopic (exact) mass is 348 g/mol. The van der Waals surface area contributed by atoms with Gasteiger partial charge in [0.25, 0.3) is 5.91 Å². The molecule has 8 heteroatoms. The Bertz CT molecular complexity index is 734. The van der Waals surface area contributed by atoms with Gasteiger partial charge in [-0.25, -0.2) is 4.79 Å². The summed E-state index contributed by atoms with van der Waals surface area (Å²) in [5.41, 5.74) is -0.628. The molecule has 2 aliphatic rings. The molecule has 1 saturated heterocycles. The van der Waals surface area contributed by atoms with Crippen LogP contribution in [0, 0.1) is 0 Å². The molecule has 0 radical (unpaired) electrons. The van der Waals surface area contributed by atoms with Gasteiger partial charge in [-0.1, -0.05) is 0 Å². The van der Waals surface area contributed by atoms with Gasteiger partial charge in [0, 0.05) is 31.9 Å². The van der Waals surface area contributed by atoms with Crippen molar-refractivity contribution in [1.29, 1.82) is 0 Å². The number of ether oxygens (including phenoxy) is 2. The first kappa shape index (κ1) is 17.1. The van der Waals surface area contributed by atoms with E-state index in [1.165, 1.54) is 18.9 Å². The van der Waals surface area contributed by atoms with Crippen molar-refractivity contribution in [1.82, 2.24) is 10.2 Å². The van der Waals surface area contributed by atoms with E-state index in [1.807, 2.05) is 0 Å². The average Bonchev–Trinajstić information content (AvgIpc) is 2.73. The topological polar surface area (TPSA) is 105 Å². The Balaban J connectivity index is 1.86. The van der Waals surface area contributed by atoms with Crippen LogP contribution in [0.5, 0.6) is 11.5 Å². The van der Waals surface area contributed by atoms with Gasteiger partial charge < -0.3 is 24.8 Å². The molecular weight excluding hydrogens is 328 g/mol. The summed E-state index contributed by atoms with van der Waals surface area (Å²) in [5.74, 6) is -0.644. The molecule has 3 rings (SSSR count). The van der Waals surface area contributed by atoms with Gasteiger partial charge in [0.05, 0.1) is 12.7 Å². The van der Waals surface area contributed by atoms with Crippen molar-refractivity contribution < 1.29 is 29.0 Å². The van der Waals surface area contributed by atoms with Crippen LogP contribution in [0.15, 0.2) is 18.2 Å². The zero-order chi connectivity index (χ0) is 18.2. The SMILES string of the molecule is COc1ccc2c(c1)O[C@]1(CCC(=O)N([C@@H](C)C(=O)O)CC1)NC2=O. The molecule has 2 amide bonds. The van der Waals surface area contributed by atoms with Crippen LogP contribution < -0.4 is 14.8 Å². The Morgan fingerprint density at radius 1 is 1.40 bits per heavy atom. The lowest BCUT2D eigenvalue weighted by atomic mass is 10.00. The van der Waals surface area contributed by atoms with E-state index in [1.54, 1.807) is 18.2 Å². The molecule has 1 aromatic rings. The van der Waals surface area contributed by atoms with Crippen LogP contribution in [0.2, 0.25) is 0 Å². The van der Waals surface area contributed by atoms with Crippen molar-refractivity contribution >= 4 is 17.8 Å². The molecule has 2 atom stereocenters. The number of nitrogens with zero attached hydrogens (tertiary/aromatic N) is 1. The summed E-state index contributed by atoms with van der Waals surface area (Å²) < 4.78 is 11.2. The summed E-state index contributed by atoms with van der Waals surface area (Å²) in [5, 5.41) is 12.0. The van der Waals surface area contributed by atoms with E-state index in [0.29, 0.717) is 23.5 Å². The standard InChI is InChI=1S/C17H20N2O6/c1-10(16(22)23)19-8-7-17(6-5-14(19)20)18-15(21)12-4-3-11(24-2)9-13(12)25-17/h3-4,9-10H,5-8H2,1-2H3,(H,18,21)(H,22,23)/t10-,17-/m0/s1. The number of hydrogen-bond acceptors (Lipinski definition) is 5. The van der Waals surface area contributed by atoms with Gasteiger partial charge in [-0.3, -0.25) is 9.59 Å². The maximum atomic E-state index is 12.5.